The van der Waals surface area contributed by atoms with E-state index in [2.05, 4.69) is 38.1 Å². The average molecular weight is 390 g/mol. The molecule has 0 aliphatic carbocycles. The molecule has 0 N–H and O–H groups in total. The smallest absolute Gasteiger partial charge is 0.143 e. The van der Waals surface area contributed by atoms with Gasteiger partial charge in [0.15, 0.2) is 0 Å². The van der Waals surface area contributed by atoms with Gasteiger partial charge in [0, 0.05) is 21.5 Å². The summed E-state index contributed by atoms with van der Waals surface area (Å²) in [6.07, 6.45) is 0. The second kappa shape index (κ2) is 7.57. The minimum Gasteiger partial charge on any atom is -0.456 e. The van der Waals surface area contributed by atoms with Crippen LogP contribution in [0.5, 0.6) is 23.0 Å². The Morgan fingerprint density at radius 3 is 1.20 bits per heavy atom. The minimum absolute atomic E-state index is 0.818. The standard InChI is InChI=1S/C28H22O2/c1-19-17-25-26(18-20(19)2)28(30-22-13-7-4-8-14-22)24-16-10-9-15-23(24)27(25)29-21-11-5-3-6-12-21/h3-18H,1-2H3. The number of ether oxygens (including phenoxy) is 2. The molecule has 2 heteroatoms. The van der Waals surface area contributed by atoms with E-state index in [1.807, 2.05) is 72.8 Å². The van der Waals surface area contributed by atoms with E-state index in [9.17, 15) is 0 Å². The van der Waals surface area contributed by atoms with Crippen molar-refractivity contribution in [3.05, 3.63) is 108 Å². The summed E-state index contributed by atoms with van der Waals surface area (Å²) < 4.78 is 12.9. The van der Waals surface area contributed by atoms with Crippen molar-refractivity contribution in [2.45, 2.75) is 13.8 Å². The first-order valence-corrected chi connectivity index (χ1v) is 10.1. The summed E-state index contributed by atoms with van der Waals surface area (Å²) in [7, 11) is 0. The van der Waals surface area contributed by atoms with Crippen LogP contribution in [0.4, 0.5) is 0 Å². The van der Waals surface area contributed by atoms with E-state index in [0.717, 1.165) is 44.5 Å². The van der Waals surface area contributed by atoms with E-state index in [1.54, 1.807) is 0 Å². The van der Waals surface area contributed by atoms with Gasteiger partial charge < -0.3 is 9.47 Å². The third-order valence-corrected chi connectivity index (χ3v) is 5.47. The average Bonchev–Trinajstić information content (AvgIpc) is 2.79. The second-order valence-corrected chi connectivity index (χ2v) is 7.52. The van der Waals surface area contributed by atoms with Crippen LogP contribution in [-0.2, 0) is 0 Å². The van der Waals surface area contributed by atoms with E-state index in [0.29, 0.717) is 0 Å². The Hall–Kier alpha value is -3.78. The maximum atomic E-state index is 6.45. The molecular formula is C28H22O2. The first-order valence-electron chi connectivity index (χ1n) is 10.1. The molecule has 0 spiro atoms. The van der Waals surface area contributed by atoms with E-state index >= 15 is 0 Å². The predicted octanol–water partition coefficient (Wildman–Crippen LogP) is 8.19. The van der Waals surface area contributed by atoms with Crippen molar-refractivity contribution in [2.24, 2.45) is 0 Å². The first-order chi connectivity index (χ1) is 14.7. The summed E-state index contributed by atoms with van der Waals surface area (Å²) in [6, 6.07) is 32.5. The van der Waals surface area contributed by atoms with Crippen LogP contribution in [0.2, 0.25) is 0 Å². The van der Waals surface area contributed by atoms with Gasteiger partial charge in [0.1, 0.15) is 23.0 Å². The highest BCUT2D eigenvalue weighted by Crippen LogP contribution is 2.46. The molecule has 0 bridgehead atoms. The molecule has 0 fully saturated rings. The zero-order valence-corrected chi connectivity index (χ0v) is 17.1. The van der Waals surface area contributed by atoms with Gasteiger partial charge in [-0.2, -0.15) is 0 Å². The van der Waals surface area contributed by atoms with E-state index in [4.69, 9.17) is 9.47 Å². The zero-order valence-electron chi connectivity index (χ0n) is 17.1. The summed E-state index contributed by atoms with van der Waals surface area (Å²) in [5.74, 6) is 3.35. The summed E-state index contributed by atoms with van der Waals surface area (Å²) in [5.41, 5.74) is 2.45. The molecule has 0 aromatic heterocycles. The van der Waals surface area contributed by atoms with Crippen LogP contribution in [0, 0.1) is 13.8 Å². The molecule has 0 unspecified atom stereocenters. The molecule has 0 radical (unpaired) electrons. The van der Waals surface area contributed by atoms with Crippen molar-refractivity contribution in [1.82, 2.24) is 0 Å². The molecule has 2 nitrogen and oxygen atoms in total. The number of hydrogen-bond donors (Lipinski definition) is 0. The SMILES string of the molecule is Cc1cc2c(Oc3ccccc3)c3ccccc3c(Oc3ccccc3)c2cc1C. The van der Waals surface area contributed by atoms with Gasteiger partial charge in [-0.1, -0.05) is 60.7 Å². The highest BCUT2D eigenvalue weighted by atomic mass is 16.5. The Morgan fingerprint density at radius 2 is 0.800 bits per heavy atom. The molecule has 5 rings (SSSR count). The lowest BCUT2D eigenvalue weighted by molar-refractivity contribution is 0.486. The Labute approximate surface area is 176 Å². The summed E-state index contributed by atoms with van der Waals surface area (Å²) in [5, 5.41) is 4.16. The maximum Gasteiger partial charge on any atom is 0.143 e. The molecule has 0 atom stereocenters. The van der Waals surface area contributed by atoms with E-state index in [1.165, 1.54) is 11.1 Å². The van der Waals surface area contributed by atoms with Crippen molar-refractivity contribution < 1.29 is 9.47 Å². The molecule has 0 aliphatic rings. The van der Waals surface area contributed by atoms with Crippen LogP contribution in [-0.4, -0.2) is 0 Å². The molecule has 5 aromatic rings. The molecule has 5 aromatic carbocycles. The molecule has 0 amide bonds. The fourth-order valence-corrected chi connectivity index (χ4v) is 3.79. The molecule has 0 saturated heterocycles. The van der Waals surface area contributed by atoms with Gasteiger partial charge in [0.05, 0.1) is 0 Å². The van der Waals surface area contributed by atoms with Crippen LogP contribution < -0.4 is 9.47 Å². The number of hydrogen-bond acceptors (Lipinski definition) is 2. The van der Waals surface area contributed by atoms with Gasteiger partial charge in [0.2, 0.25) is 0 Å². The lowest BCUT2D eigenvalue weighted by atomic mass is 9.96. The van der Waals surface area contributed by atoms with Gasteiger partial charge in [-0.15, -0.1) is 0 Å². The number of aryl methyl sites for hydroxylation is 2. The maximum absolute atomic E-state index is 6.45. The lowest BCUT2D eigenvalue weighted by Crippen LogP contribution is -1.94. The quantitative estimate of drug-likeness (QED) is 0.288. The van der Waals surface area contributed by atoms with Crippen LogP contribution in [0.15, 0.2) is 97.1 Å². The molecule has 0 saturated carbocycles. The molecule has 30 heavy (non-hydrogen) atoms. The Bertz CT molecular complexity index is 1230. The van der Waals surface area contributed by atoms with Gasteiger partial charge in [0.25, 0.3) is 0 Å². The second-order valence-electron chi connectivity index (χ2n) is 7.52. The van der Waals surface area contributed by atoms with Crippen LogP contribution in [0.25, 0.3) is 21.5 Å². The third-order valence-electron chi connectivity index (χ3n) is 5.47. The normalized spacial score (nSPS) is 11.0. The monoisotopic (exact) mass is 390 g/mol. The third kappa shape index (κ3) is 3.27. The van der Waals surface area contributed by atoms with E-state index < -0.39 is 0 Å². The topological polar surface area (TPSA) is 18.5 Å². The van der Waals surface area contributed by atoms with Crippen molar-refractivity contribution in [3.63, 3.8) is 0 Å². The van der Waals surface area contributed by atoms with Crippen molar-refractivity contribution in [2.75, 3.05) is 0 Å². The highest BCUT2D eigenvalue weighted by molar-refractivity contribution is 6.11. The largest absolute Gasteiger partial charge is 0.456 e. The van der Waals surface area contributed by atoms with Crippen LogP contribution in [0.1, 0.15) is 11.1 Å². The Balaban J connectivity index is 1.83. The fraction of sp³-hybridized carbons (Fsp3) is 0.0714. The number of para-hydroxylation sites is 2. The van der Waals surface area contributed by atoms with Gasteiger partial charge >= 0.3 is 0 Å². The molecular weight excluding hydrogens is 368 g/mol. The number of rotatable bonds is 4. The zero-order chi connectivity index (χ0) is 20.5. The van der Waals surface area contributed by atoms with Gasteiger partial charge in [-0.05, 0) is 61.4 Å². The number of benzene rings is 5. The highest BCUT2D eigenvalue weighted by Gasteiger charge is 2.18. The summed E-state index contributed by atoms with van der Waals surface area (Å²) >= 11 is 0. The Morgan fingerprint density at radius 1 is 0.433 bits per heavy atom. The summed E-state index contributed by atoms with van der Waals surface area (Å²) in [6.45, 7) is 4.27. The van der Waals surface area contributed by atoms with Gasteiger partial charge in [-0.25, -0.2) is 0 Å². The lowest BCUT2D eigenvalue weighted by Gasteiger charge is -2.19. The first kappa shape index (κ1) is 18.3. The van der Waals surface area contributed by atoms with Crippen molar-refractivity contribution >= 4 is 21.5 Å². The minimum atomic E-state index is 0.818. The van der Waals surface area contributed by atoms with Crippen molar-refractivity contribution in [1.29, 1.82) is 0 Å². The van der Waals surface area contributed by atoms with E-state index in [-0.39, 0.29) is 0 Å². The van der Waals surface area contributed by atoms with Gasteiger partial charge in [-0.3, -0.25) is 0 Å². The van der Waals surface area contributed by atoms with Crippen LogP contribution >= 0.6 is 0 Å². The molecule has 0 aliphatic heterocycles. The predicted molar refractivity (Wildman–Crippen MR) is 124 cm³/mol. The Kier molecular flexibility index (Phi) is 4.61. The molecule has 0 heterocycles. The summed E-state index contributed by atoms with van der Waals surface area (Å²) in [4.78, 5) is 0. The van der Waals surface area contributed by atoms with Crippen LogP contribution in [0.3, 0.4) is 0 Å². The molecule has 146 valence electrons. The fourth-order valence-electron chi connectivity index (χ4n) is 3.79. The van der Waals surface area contributed by atoms with Crippen molar-refractivity contribution in [3.8, 4) is 23.0 Å². The number of fused-ring (bicyclic) bond motifs is 2.